The number of hydrogen-bond donors (Lipinski definition) is 2. The zero-order chi connectivity index (χ0) is 14.4. The van der Waals surface area contributed by atoms with Gasteiger partial charge in [0.15, 0.2) is 0 Å². The largest absolute Gasteiger partial charge is 0.380 e. The van der Waals surface area contributed by atoms with E-state index in [9.17, 15) is 4.79 Å². The number of carbonyl (C=O) groups excluding carboxylic acids is 1. The Labute approximate surface area is 132 Å². The van der Waals surface area contributed by atoms with E-state index in [2.05, 4.69) is 5.32 Å². The Balaban J connectivity index is 0.00000220. The predicted molar refractivity (Wildman–Crippen MR) is 87.6 cm³/mol. The summed E-state index contributed by atoms with van der Waals surface area (Å²) in [6.07, 6.45) is 5.00. The van der Waals surface area contributed by atoms with Crippen molar-refractivity contribution in [2.45, 2.75) is 44.8 Å². The molecule has 1 aliphatic rings. The van der Waals surface area contributed by atoms with Crippen molar-refractivity contribution in [3.63, 3.8) is 0 Å². The Bertz CT molecular complexity index is 454. The minimum absolute atomic E-state index is 0. The van der Waals surface area contributed by atoms with Gasteiger partial charge in [-0.1, -0.05) is 31.0 Å². The maximum absolute atomic E-state index is 12.2. The Morgan fingerprint density at radius 1 is 1.33 bits per heavy atom. The number of ether oxygens (including phenoxy) is 1. The molecule has 4 nitrogen and oxygen atoms in total. The summed E-state index contributed by atoms with van der Waals surface area (Å²) >= 11 is 0. The van der Waals surface area contributed by atoms with Crippen LogP contribution < -0.4 is 11.1 Å². The molecular weight excluding hydrogens is 288 g/mol. The Kier molecular flexibility index (Phi) is 7.72. The standard InChI is InChI=1S/C16H24N2O2.ClH/c1-20-11-13-7-3-5-9-15(13)18-16(19)10-12-6-2-4-8-14(12)17;/h3,5,7,9,12,14H,2,4,6,8,10-11,17H2,1H3,(H,18,19);1H. The monoisotopic (exact) mass is 312 g/mol. The number of para-hydroxylation sites is 1. The van der Waals surface area contributed by atoms with Gasteiger partial charge in [-0.2, -0.15) is 0 Å². The van der Waals surface area contributed by atoms with Crippen molar-refractivity contribution in [2.24, 2.45) is 11.7 Å². The van der Waals surface area contributed by atoms with Crippen molar-refractivity contribution in [1.29, 1.82) is 0 Å². The quantitative estimate of drug-likeness (QED) is 0.878. The normalized spacial score (nSPS) is 21.4. The molecular formula is C16H25ClN2O2. The van der Waals surface area contributed by atoms with E-state index in [0.29, 0.717) is 18.9 Å². The molecule has 0 saturated heterocycles. The summed E-state index contributed by atoms with van der Waals surface area (Å²) in [5, 5.41) is 2.99. The Morgan fingerprint density at radius 2 is 2.05 bits per heavy atom. The van der Waals surface area contributed by atoms with Crippen LogP contribution in [0.3, 0.4) is 0 Å². The van der Waals surface area contributed by atoms with E-state index >= 15 is 0 Å². The van der Waals surface area contributed by atoms with Crippen LogP contribution in [0.4, 0.5) is 5.69 Å². The number of methoxy groups -OCH3 is 1. The van der Waals surface area contributed by atoms with Crippen molar-refractivity contribution in [1.82, 2.24) is 0 Å². The van der Waals surface area contributed by atoms with Gasteiger partial charge >= 0.3 is 0 Å². The highest BCUT2D eigenvalue weighted by molar-refractivity contribution is 5.91. The lowest BCUT2D eigenvalue weighted by molar-refractivity contribution is -0.117. The molecule has 1 aliphatic carbocycles. The highest BCUT2D eigenvalue weighted by Gasteiger charge is 2.24. The molecule has 1 fully saturated rings. The molecule has 0 aromatic heterocycles. The van der Waals surface area contributed by atoms with Crippen molar-refractivity contribution in [3.05, 3.63) is 29.8 Å². The van der Waals surface area contributed by atoms with Crippen LogP contribution in [0, 0.1) is 5.92 Å². The first-order chi connectivity index (χ1) is 9.70. The SMILES string of the molecule is COCc1ccccc1NC(=O)CC1CCCCC1N.Cl. The van der Waals surface area contributed by atoms with Crippen molar-refractivity contribution in [3.8, 4) is 0 Å². The van der Waals surface area contributed by atoms with Gasteiger partial charge in [-0.05, 0) is 24.8 Å². The smallest absolute Gasteiger partial charge is 0.224 e. The van der Waals surface area contributed by atoms with Gasteiger partial charge in [0, 0.05) is 30.8 Å². The van der Waals surface area contributed by atoms with Gasteiger partial charge in [0.2, 0.25) is 5.91 Å². The Hall–Kier alpha value is -1.10. The van der Waals surface area contributed by atoms with E-state index in [-0.39, 0.29) is 24.4 Å². The summed E-state index contributed by atoms with van der Waals surface area (Å²) in [5.74, 6) is 0.370. The second-order valence-electron chi connectivity index (χ2n) is 5.55. The van der Waals surface area contributed by atoms with Gasteiger partial charge in [-0.15, -0.1) is 12.4 Å². The number of benzene rings is 1. The van der Waals surface area contributed by atoms with E-state index in [1.54, 1.807) is 7.11 Å². The third-order valence-electron chi connectivity index (χ3n) is 4.01. The summed E-state index contributed by atoms with van der Waals surface area (Å²) in [6, 6.07) is 7.91. The van der Waals surface area contributed by atoms with Crippen molar-refractivity contribution >= 4 is 24.0 Å². The summed E-state index contributed by atoms with van der Waals surface area (Å²) in [4.78, 5) is 12.2. The maximum atomic E-state index is 12.2. The molecule has 1 aromatic carbocycles. The van der Waals surface area contributed by atoms with Crippen LogP contribution in [0.2, 0.25) is 0 Å². The molecule has 118 valence electrons. The number of nitrogens with two attached hydrogens (primary N) is 1. The third kappa shape index (κ3) is 5.30. The zero-order valence-corrected chi connectivity index (χ0v) is 13.3. The molecule has 1 saturated carbocycles. The average Bonchev–Trinajstić information content (AvgIpc) is 2.44. The van der Waals surface area contributed by atoms with Gasteiger partial charge in [0.05, 0.1) is 6.61 Å². The van der Waals surface area contributed by atoms with Crippen LogP contribution in [-0.4, -0.2) is 19.1 Å². The maximum Gasteiger partial charge on any atom is 0.224 e. The van der Waals surface area contributed by atoms with Crippen molar-refractivity contribution < 1.29 is 9.53 Å². The first kappa shape index (κ1) is 18.0. The fraction of sp³-hybridized carbons (Fsp3) is 0.562. The first-order valence-electron chi connectivity index (χ1n) is 7.33. The highest BCUT2D eigenvalue weighted by atomic mass is 35.5. The second-order valence-corrected chi connectivity index (χ2v) is 5.55. The van der Waals surface area contributed by atoms with Crippen LogP contribution in [0.1, 0.15) is 37.7 Å². The third-order valence-corrected chi connectivity index (χ3v) is 4.01. The summed E-state index contributed by atoms with van der Waals surface area (Å²) in [5.41, 5.74) is 7.93. The van der Waals surface area contributed by atoms with Gasteiger partial charge in [-0.3, -0.25) is 4.79 Å². The molecule has 21 heavy (non-hydrogen) atoms. The molecule has 0 radical (unpaired) electrons. The minimum Gasteiger partial charge on any atom is -0.380 e. The molecule has 0 bridgehead atoms. The van der Waals surface area contributed by atoms with E-state index < -0.39 is 0 Å². The second kappa shape index (κ2) is 9.03. The number of hydrogen-bond acceptors (Lipinski definition) is 3. The average molecular weight is 313 g/mol. The molecule has 0 aliphatic heterocycles. The zero-order valence-electron chi connectivity index (χ0n) is 12.5. The number of halogens is 1. The van der Waals surface area contributed by atoms with Crippen LogP contribution in [-0.2, 0) is 16.1 Å². The molecule has 0 heterocycles. The van der Waals surface area contributed by atoms with E-state index in [4.69, 9.17) is 10.5 Å². The lowest BCUT2D eigenvalue weighted by Gasteiger charge is -2.28. The number of carbonyl (C=O) groups is 1. The van der Waals surface area contributed by atoms with Gasteiger partial charge in [-0.25, -0.2) is 0 Å². The van der Waals surface area contributed by atoms with E-state index in [0.717, 1.165) is 24.1 Å². The summed E-state index contributed by atoms with van der Waals surface area (Å²) in [6.45, 7) is 0.499. The first-order valence-corrected chi connectivity index (χ1v) is 7.33. The molecule has 2 atom stereocenters. The molecule has 5 heteroatoms. The minimum atomic E-state index is 0. The van der Waals surface area contributed by atoms with Crippen LogP contribution in [0.15, 0.2) is 24.3 Å². The van der Waals surface area contributed by atoms with E-state index in [1.165, 1.54) is 12.8 Å². The Morgan fingerprint density at radius 3 is 2.76 bits per heavy atom. The van der Waals surface area contributed by atoms with Crippen LogP contribution in [0.25, 0.3) is 0 Å². The summed E-state index contributed by atoms with van der Waals surface area (Å²) in [7, 11) is 1.65. The molecule has 1 aromatic rings. The fourth-order valence-electron chi connectivity index (χ4n) is 2.85. The van der Waals surface area contributed by atoms with E-state index in [1.807, 2.05) is 24.3 Å². The molecule has 3 N–H and O–H groups in total. The molecule has 2 unspecified atom stereocenters. The predicted octanol–water partition coefficient (Wildman–Crippen LogP) is 3.10. The highest BCUT2D eigenvalue weighted by Crippen LogP contribution is 2.26. The summed E-state index contributed by atoms with van der Waals surface area (Å²) < 4.78 is 5.15. The number of nitrogens with one attached hydrogen (secondary N) is 1. The number of rotatable bonds is 5. The number of amides is 1. The number of anilines is 1. The topological polar surface area (TPSA) is 64.3 Å². The molecule has 1 amide bonds. The lowest BCUT2D eigenvalue weighted by Crippen LogP contribution is -2.35. The fourth-order valence-corrected chi connectivity index (χ4v) is 2.85. The van der Waals surface area contributed by atoms with Gasteiger partial charge in [0.25, 0.3) is 0 Å². The lowest BCUT2D eigenvalue weighted by atomic mass is 9.83. The van der Waals surface area contributed by atoms with Crippen molar-refractivity contribution in [2.75, 3.05) is 12.4 Å². The van der Waals surface area contributed by atoms with Gasteiger partial charge in [0.1, 0.15) is 0 Å². The molecule has 0 spiro atoms. The van der Waals surface area contributed by atoms with Crippen LogP contribution >= 0.6 is 12.4 Å². The van der Waals surface area contributed by atoms with Crippen LogP contribution in [0.5, 0.6) is 0 Å². The molecule has 2 rings (SSSR count). The van der Waals surface area contributed by atoms with Gasteiger partial charge < -0.3 is 15.8 Å².